The normalized spacial score (nSPS) is 11.0. The van der Waals surface area contributed by atoms with E-state index in [2.05, 4.69) is 16.3 Å². The van der Waals surface area contributed by atoms with Crippen LogP contribution in [0.5, 0.6) is 5.75 Å². The van der Waals surface area contributed by atoms with E-state index in [1.54, 1.807) is 23.8 Å². The summed E-state index contributed by atoms with van der Waals surface area (Å²) >= 11 is 0. The summed E-state index contributed by atoms with van der Waals surface area (Å²) < 4.78 is 8.74. The largest absolute Gasteiger partial charge is 0.497 e. The summed E-state index contributed by atoms with van der Waals surface area (Å²) in [5.41, 5.74) is 2.93. The monoisotopic (exact) mass is 407 g/mol. The first-order valence-electron chi connectivity index (χ1n) is 9.70. The van der Waals surface area contributed by atoms with Gasteiger partial charge in [0.05, 0.1) is 36.2 Å². The van der Waals surface area contributed by atoms with Gasteiger partial charge in [-0.1, -0.05) is 24.3 Å². The van der Waals surface area contributed by atoms with E-state index in [1.807, 2.05) is 65.1 Å². The maximum absolute atomic E-state index is 13.3. The van der Waals surface area contributed by atoms with Gasteiger partial charge in [-0.05, 0) is 54.1 Å². The van der Waals surface area contributed by atoms with Gasteiger partial charge in [-0.2, -0.15) is 5.26 Å². The quantitative estimate of drug-likeness (QED) is 0.454. The molecule has 7 heteroatoms. The van der Waals surface area contributed by atoms with E-state index in [4.69, 9.17) is 10.00 Å². The lowest BCUT2D eigenvalue weighted by Gasteiger charge is -2.12. The van der Waals surface area contributed by atoms with Crippen molar-refractivity contribution in [2.75, 3.05) is 7.11 Å². The van der Waals surface area contributed by atoms with E-state index >= 15 is 0 Å². The standard InChI is InChI=1S/C24H17N5O2/c1-31-19-12-8-17(9-13-19)15-28-23(30)20-4-2-3-5-21(20)29-22(26-27-24(28)29)18-10-6-16(14-25)7-11-18/h2-13H,15H2,1H3. The lowest BCUT2D eigenvalue weighted by molar-refractivity contribution is 0.414. The molecular weight excluding hydrogens is 390 g/mol. The Morgan fingerprint density at radius 3 is 2.42 bits per heavy atom. The third-order valence-corrected chi connectivity index (χ3v) is 5.28. The van der Waals surface area contributed by atoms with E-state index in [-0.39, 0.29) is 5.56 Å². The van der Waals surface area contributed by atoms with Crippen LogP contribution in [-0.2, 0) is 6.54 Å². The van der Waals surface area contributed by atoms with Crippen molar-refractivity contribution in [3.63, 3.8) is 0 Å². The number of hydrogen-bond donors (Lipinski definition) is 0. The summed E-state index contributed by atoms with van der Waals surface area (Å²) in [5.74, 6) is 1.82. The molecule has 0 bridgehead atoms. The molecule has 0 radical (unpaired) electrons. The van der Waals surface area contributed by atoms with E-state index in [0.29, 0.717) is 29.1 Å². The predicted molar refractivity (Wildman–Crippen MR) is 117 cm³/mol. The van der Waals surface area contributed by atoms with Crippen molar-refractivity contribution in [1.82, 2.24) is 19.2 Å². The van der Waals surface area contributed by atoms with Crippen LogP contribution in [-0.4, -0.2) is 26.3 Å². The summed E-state index contributed by atoms with van der Waals surface area (Å²) in [4.78, 5) is 13.3. The van der Waals surface area contributed by atoms with Crippen LogP contribution in [0, 0.1) is 11.3 Å². The molecule has 5 rings (SSSR count). The zero-order chi connectivity index (χ0) is 21.4. The number of ether oxygens (including phenoxy) is 1. The minimum absolute atomic E-state index is 0.127. The zero-order valence-corrected chi connectivity index (χ0v) is 16.7. The minimum Gasteiger partial charge on any atom is -0.497 e. The number of fused-ring (bicyclic) bond motifs is 3. The van der Waals surface area contributed by atoms with E-state index in [9.17, 15) is 4.79 Å². The number of aromatic nitrogens is 4. The van der Waals surface area contributed by atoms with Crippen molar-refractivity contribution in [2.45, 2.75) is 6.54 Å². The molecule has 0 aliphatic heterocycles. The predicted octanol–water partition coefficient (Wildman–Crippen LogP) is 3.64. The fourth-order valence-electron chi connectivity index (χ4n) is 3.70. The number of benzene rings is 3. The number of methoxy groups -OCH3 is 1. The summed E-state index contributed by atoms with van der Waals surface area (Å²) in [6.45, 7) is 0.350. The number of nitrogens with zero attached hydrogens (tertiary/aromatic N) is 5. The Morgan fingerprint density at radius 1 is 0.968 bits per heavy atom. The van der Waals surface area contributed by atoms with Crippen molar-refractivity contribution < 1.29 is 4.74 Å². The second-order valence-electron chi connectivity index (χ2n) is 7.10. The van der Waals surface area contributed by atoms with Gasteiger partial charge in [0.1, 0.15) is 5.75 Å². The van der Waals surface area contributed by atoms with Crippen LogP contribution in [0.2, 0.25) is 0 Å². The molecule has 0 saturated heterocycles. The Morgan fingerprint density at radius 2 is 1.71 bits per heavy atom. The summed E-state index contributed by atoms with van der Waals surface area (Å²) in [7, 11) is 1.62. The lowest BCUT2D eigenvalue weighted by atomic mass is 10.1. The summed E-state index contributed by atoms with van der Waals surface area (Å²) in [5, 5.41) is 18.4. The van der Waals surface area contributed by atoms with Crippen molar-refractivity contribution in [2.24, 2.45) is 0 Å². The Kier molecular flexibility index (Phi) is 4.45. The van der Waals surface area contributed by atoms with Gasteiger partial charge in [-0.25, -0.2) is 0 Å². The van der Waals surface area contributed by atoms with Crippen LogP contribution >= 0.6 is 0 Å². The average Bonchev–Trinajstić information content (AvgIpc) is 3.27. The molecule has 150 valence electrons. The fraction of sp³-hybridized carbons (Fsp3) is 0.0833. The van der Waals surface area contributed by atoms with Gasteiger partial charge in [0, 0.05) is 5.56 Å². The number of hydrogen-bond acceptors (Lipinski definition) is 5. The molecule has 7 nitrogen and oxygen atoms in total. The smallest absolute Gasteiger partial charge is 0.263 e. The number of rotatable bonds is 4. The van der Waals surface area contributed by atoms with Crippen LogP contribution < -0.4 is 10.3 Å². The maximum atomic E-state index is 13.3. The third kappa shape index (κ3) is 3.11. The van der Waals surface area contributed by atoms with Gasteiger partial charge >= 0.3 is 0 Å². The second kappa shape index (κ2) is 7.43. The molecule has 0 amide bonds. The second-order valence-corrected chi connectivity index (χ2v) is 7.10. The zero-order valence-electron chi connectivity index (χ0n) is 16.7. The molecule has 0 N–H and O–H groups in total. The SMILES string of the molecule is COc1ccc(Cn2c(=O)c3ccccc3n3c(-c4ccc(C#N)cc4)nnc23)cc1. The first-order valence-corrected chi connectivity index (χ1v) is 9.70. The average molecular weight is 407 g/mol. The minimum atomic E-state index is -0.127. The van der Waals surface area contributed by atoms with E-state index in [1.165, 1.54) is 0 Å². The van der Waals surface area contributed by atoms with Crippen LogP contribution in [0.3, 0.4) is 0 Å². The summed E-state index contributed by atoms with van der Waals surface area (Å²) in [6.07, 6.45) is 0. The Labute approximate surface area is 177 Å². The lowest BCUT2D eigenvalue weighted by Crippen LogP contribution is -2.24. The molecule has 0 atom stereocenters. The van der Waals surface area contributed by atoms with Gasteiger partial charge in [-0.15, -0.1) is 10.2 Å². The number of nitriles is 1. The Bertz CT molecular complexity index is 1510. The van der Waals surface area contributed by atoms with Crippen molar-refractivity contribution in [1.29, 1.82) is 5.26 Å². The first kappa shape index (κ1) is 18.6. The fourth-order valence-corrected chi connectivity index (χ4v) is 3.70. The molecule has 0 saturated carbocycles. The molecule has 0 unspecified atom stereocenters. The van der Waals surface area contributed by atoms with E-state index in [0.717, 1.165) is 22.4 Å². The van der Waals surface area contributed by atoms with Crippen molar-refractivity contribution >= 4 is 16.7 Å². The first-order chi connectivity index (χ1) is 15.2. The molecule has 0 spiro atoms. The van der Waals surface area contributed by atoms with Crippen molar-refractivity contribution in [3.8, 4) is 23.2 Å². The molecule has 3 aromatic carbocycles. The molecule has 2 aromatic heterocycles. The van der Waals surface area contributed by atoms with Crippen molar-refractivity contribution in [3.05, 3.63) is 94.3 Å². The molecule has 0 aliphatic carbocycles. The van der Waals surface area contributed by atoms with E-state index < -0.39 is 0 Å². The Hall–Kier alpha value is -4.44. The highest BCUT2D eigenvalue weighted by Gasteiger charge is 2.17. The van der Waals surface area contributed by atoms with Gasteiger partial charge < -0.3 is 4.74 Å². The highest BCUT2D eigenvalue weighted by molar-refractivity contribution is 5.82. The highest BCUT2D eigenvalue weighted by Crippen LogP contribution is 2.23. The molecule has 31 heavy (non-hydrogen) atoms. The molecular formula is C24H17N5O2. The summed E-state index contributed by atoms with van der Waals surface area (Å²) in [6, 6.07) is 24.3. The molecule has 5 aromatic rings. The van der Waals surface area contributed by atoms with Crippen LogP contribution in [0.15, 0.2) is 77.6 Å². The highest BCUT2D eigenvalue weighted by atomic mass is 16.5. The van der Waals surface area contributed by atoms with Gasteiger partial charge in [0.15, 0.2) is 5.82 Å². The molecule has 0 aliphatic rings. The van der Waals surface area contributed by atoms with Gasteiger partial charge in [-0.3, -0.25) is 13.8 Å². The van der Waals surface area contributed by atoms with Gasteiger partial charge in [0.2, 0.25) is 5.78 Å². The molecule has 0 fully saturated rings. The number of para-hydroxylation sites is 1. The molecule has 2 heterocycles. The van der Waals surface area contributed by atoms with Crippen LogP contribution in [0.4, 0.5) is 0 Å². The van der Waals surface area contributed by atoms with Crippen LogP contribution in [0.1, 0.15) is 11.1 Å². The Balaban J connectivity index is 1.75. The topological polar surface area (TPSA) is 85.2 Å². The maximum Gasteiger partial charge on any atom is 0.263 e. The van der Waals surface area contributed by atoms with Crippen LogP contribution in [0.25, 0.3) is 28.1 Å². The van der Waals surface area contributed by atoms with Gasteiger partial charge in [0.25, 0.3) is 5.56 Å². The third-order valence-electron chi connectivity index (χ3n) is 5.28.